The summed E-state index contributed by atoms with van der Waals surface area (Å²) in [6.45, 7) is 2.67. The lowest BCUT2D eigenvalue weighted by atomic mass is 10.0. The van der Waals surface area contributed by atoms with E-state index >= 15 is 0 Å². The number of rotatable bonds is 4. The third kappa shape index (κ3) is 2.37. The fourth-order valence-electron chi connectivity index (χ4n) is 2.29. The highest BCUT2D eigenvalue weighted by Crippen LogP contribution is 2.29. The predicted octanol–water partition coefficient (Wildman–Crippen LogP) is 1.70. The third-order valence-corrected chi connectivity index (χ3v) is 3.24. The lowest BCUT2D eigenvalue weighted by molar-refractivity contribution is -0.140. The first-order valence-corrected chi connectivity index (χ1v) is 6.14. The number of likely N-dealkylation sites (N-methyl/N-ethyl adjacent to an activating group) is 1. The standard InChI is InChI=1S/C14H17NO3/c1-3-15-12-6-4-10(5-7-14(17)18-2)8-11(12)9-13(15)16/h4,6,8H,3,5,7,9H2,1-2H3. The first-order valence-electron chi connectivity index (χ1n) is 6.14. The van der Waals surface area contributed by atoms with E-state index < -0.39 is 0 Å². The number of esters is 1. The van der Waals surface area contributed by atoms with E-state index in [1.807, 2.05) is 25.1 Å². The lowest BCUT2D eigenvalue weighted by Crippen LogP contribution is -2.25. The zero-order valence-corrected chi connectivity index (χ0v) is 10.7. The van der Waals surface area contributed by atoms with Crippen molar-refractivity contribution in [2.45, 2.75) is 26.2 Å². The molecule has 0 unspecified atom stereocenters. The summed E-state index contributed by atoms with van der Waals surface area (Å²) in [7, 11) is 1.39. The first kappa shape index (κ1) is 12.6. The highest BCUT2D eigenvalue weighted by atomic mass is 16.5. The van der Waals surface area contributed by atoms with Crippen LogP contribution >= 0.6 is 0 Å². The Hall–Kier alpha value is -1.84. The second-order valence-corrected chi connectivity index (χ2v) is 4.35. The number of ether oxygens (including phenoxy) is 1. The molecule has 1 amide bonds. The van der Waals surface area contributed by atoms with E-state index in [0.29, 0.717) is 25.8 Å². The molecular weight excluding hydrogens is 230 g/mol. The zero-order chi connectivity index (χ0) is 13.1. The Morgan fingerprint density at radius 2 is 2.22 bits per heavy atom. The van der Waals surface area contributed by atoms with Crippen molar-refractivity contribution in [1.29, 1.82) is 0 Å². The highest BCUT2D eigenvalue weighted by molar-refractivity contribution is 6.01. The van der Waals surface area contributed by atoms with Crippen LogP contribution in [0.25, 0.3) is 0 Å². The van der Waals surface area contributed by atoms with Crippen LogP contribution in [0.3, 0.4) is 0 Å². The molecule has 0 saturated carbocycles. The molecule has 0 radical (unpaired) electrons. The first-order chi connectivity index (χ1) is 8.65. The summed E-state index contributed by atoms with van der Waals surface area (Å²) < 4.78 is 4.61. The molecule has 18 heavy (non-hydrogen) atoms. The topological polar surface area (TPSA) is 46.6 Å². The number of nitrogens with zero attached hydrogens (tertiary/aromatic N) is 1. The van der Waals surface area contributed by atoms with Crippen molar-refractivity contribution in [3.63, 3.8) is 0 Å². The number of carbonyl (C=O) groups is 2. The molecule has 0 atom stereocenters. The molecule has 96 valence electrons. The van der Waals surface area contributed by atoms with Gasteiger partial charge in [-0.25, -0.2) is 0 Å². The van der Waals surface area contributed by atoms with Crippen molar-refractivity contribution in [3.05, 3.63) is 29.3 Å². The summed E-state index contributed by atoms with van der Waals surface area (Å²) in [5.74, 6) is -0.0561. The van der Waals surface area contributed by atoms with E-state index in [-0.39, 0.29) is 11.9 Å². The zero-order valence-electron chi connectivity index (χ0n) is 10.7. The summed E-state index contributed by atoms with van der Waals surface area (Å²) in [5.41, 5.74) is 3.14. The van der Waals surface area contributed by atoms with Crippen LogP contribution in [-0.2, 0) is 27.2 Å². The summed E-state index contributed by atoms with van der Waals surface area (Å²) in [6, 6.07) is 5.96. The maximum Gasteiger partial charge on any atom is 0.305 e. The minimum Gasteiger partial charge on any atom is -0.469 e. The Kier molecular flexibility index (Phi) is 3.65. The summed E-state index contributed by atoms with van der Waals surface area (Å²) >= 11 is 0. The van der Waals surface area contributed by atoms with Gasteiger partial charge in [-0.15, -0.1) is 0 Å². The van der Waals surface area contributed by atoms with Gasteiger partial charge in [0.2, 0.25) is 5.91 Å². The number of hydrogen-bond acceptors (Lipinski definition) is 3. The molecule has 1 aromatic rings. The quantitative estimate of drug-likeness (QED) is 0.761. The molecule has 0 saturated heterocycles. The molecule has 1 aliphatic rings. The van der Waals surface area contributed by atoms with Crippen molar-refractivity contribution in [2.24, 2.45) is 0 Å². The SMILES string of the molecule is CCN1C(=O)Cc2cc(CCC(=O)OC)ccc21. The molecule has 0 bridgehead atoms. The highest BCUT2D eigenvalue weighted by Gasteiger charge is 2.25. The average molecular weight is 247 g/mol. The van der Waals surface area contributed by atoms with E-state index in [4.69, 9.17) is 0 Å². The lowest BCUT2D eigenvalue weighted by Gasteiger charge is -2.14. The van der Waals surface area contributed by atoms with Crippen LogP contribution in [0.15, 0.2) is 18.2 Å². The van der Waals surface area contributed by atoms with Crippen molar-refractivity contribution >= 4 is 17.6 Å². The number of aryl methyl sites for hydroxylation is 1. The number of amides is 1. The summed E-state index contributed by atoms with van der Waals surface area (Å²) in [4.78, 5) is 24.6. The van der Waals surface area contributed by atoms with Gasteiger partial charge in [-0.2, -0.15) is 0 Å². The Labute approximate surface area is 107 Å². The number of fused-ring (bicyclic) bond motifs is 1. The van der Waals surface area contributed by atoms with Gasteiger partial charge in [0.15, 0.2) is 0 Å². The second kappa shape index (κ2) is 5.21. The van der Waals surface area contributed by atoms with E-state index in [1.54, 1.807) is 4.90 Å². The van der Waals surface area contributed by atoms with Gasteiger partial charge in [-0.3, -0.25) is 9.59 Å². The van der Waals surface area contributed by atoms with Crippen LogP contribution in [0.4, 0.5) is 5.69 Å². The Morgan fingerprint density at radius 1 is 1.44 bits per heavy atom. The minimum absolute atomic E-state index is 0.151. The van der Waals surface area contributed by atoms with Crippen molar-refractivity contribution in [2.75, 3.05) is 18.6 Å². The molecule has 4 heteroatoms. The Balaban J connectivity index is 2.12. The van der Waals surface area contributed by atoms with Gasteiger partial charge in [0.25, 0.3) is 0 Å². The number of anilines is 1. The molecule has 0 aromatic heterocycles. The molecule has 1 aliphatic heterocycles. The van der Waals surface area contributed by atoms with Crippen LogP contribution in [0.1, 0.15) is 24.5 Å². The van der Waals surface area contributed by atoms with Crippen molar-refractivity contribution in [1.82, 2.24) is 0 Å². The molecular formula is C14H17NO3. The van der Waals surface area contributed by atoms with Gasteiger partial charge in [0.05, 0.1) is 13.5 Å². The van der Waals surface area contributed by atoms with Crippen LogP contribution in [0.2, 0.25) is 0 Å². The van der Waals surface area contributed by atoms with E-state index in [9.17, 15) is 9.59 Å². The number of methoxy groups -OCH3 is 1. The fourth-order valence-corrected chi connectivity index (χ4v) is 2.29. The minimum atomic E-state index is -0.207. The van der Waals surface area contributed by atoms with Gasteiger partial charge < -0.3 is 9.64 Å². The molecule has 1 heterocycles. The molecule has 0 N–H and O–H groups in total. The van der Waals surface area contributed by atoms with Gasteiger partial charge >= 0.3 is 5.97 Å². The average Bonchev–Trinajstić information content (AvgIpc) is 2.70. The van der Waals surface area contributed by atoms with Crippen molar-refractivity contribution in [3.8, 4) is 0 Å². The summed E-state index contributed by atoms with van der Waals surface area (Å²) in [6.07, 6.45) is 1.50. The van der Waals surface area contributed by atoms with Crippen LogP contribution in [-0.4, -0.2) is 25.5 Å². The van der Waals surface area contributed by atoms with Crippen molar-refractivity contribution < 1.29 is 14.3 Å². The summed E-state index contributed by atoms with van der Waals surface area (Å²) in [5, 5.41) is 0. The molecule has 1 aromatic carbocycles. The molecule has 4 nitrogen and oxygen atoms in total. The molecule has 0 spiro atoms. The monoisotopic (exact) mass is 247 g/mol. The van der Waals surface area contributed by atoms with Crippen LogP contribution in [0.5, 0.6) is 0 Å². The predicted molar refractivity (Wildman–Crippen MR) is 68.5 cm³/mol. The fraction of sp³-hybridized carbons (Fsp3) is 0.429. The largest absolute Gasteiger partial charge is 0.469 e. The van der Waals surface area contributed by atoms with E-state index in [1.165, 1.54) is 7.11 Å². The van der Waals surface area contributed by atoms with E-state index in [0.717, 1.165) is 16.8 Å². The van der Waals surface area contributed by atoms with Gasteiger partial charge in [0, 0.05) is 18.7 Å². The number of benzene rings is 1. The Morgan fingerprint density at radius 3 is 2.89 bits per heavy atom. The van der Waals surface area contributed by atoms with Crippen LogP contribution in [0, 0.1) is 0 Å². The normalized spacial score (nSPS) is 13.7. The van der Waals surface area contributed by atoms with Gasteiger partial charge in [-0.05, 0) is 30.5 Å². The maximum absolute atomic E-state index is 11.7. The van der Waals surface area contributed by atoms with Crippen LogP contribution < -0.4 is 4.90 Å². The third-order valence-electron chi connectivity index (χ3n) is 3.24. The number of carbonyl (C=O) groups excluding carboxylic acids is 2. The van der Waals surface area contributed by atoms with Gasteiger partial charge in [-0.1, -0.05) is 12.1 Å². The number of hydrogen-bond donors (Lipinski definition) is 0. The smallest absolute Gasteiger partial charge is 0.305 e. The maximum atomic E-state index is 11.7. The Bertz CT molecular complexity index is 482. The molecule has 0 fully saturated rings. The van der Waals surface area contributed by atoms with E-state index in [2.05, 4.69) is 4.74 Å². The molecule has 0 aliphatic carbocycles. The van der Waals surface area contributed by atoms with Gasteiger partial charge in [0.1, 0.15) is 0 Å². The molecule has 2 rings (SSSR count). The second-order valence-electron chi connectivity index (χ2n) is 4.35.